The number of amides is 1. The number of sulfonamides is 1. The molecular weight excluding hydrogens is 321 g/mol. The average molecular weight is 336 g/mol. The van der Waals surface area contributed by atoms with Crippen molar-refractivity contribution in [1.82, 2.24) is 9.62 Å². The summed E-state index contributed by atoms with van der Waals surface area (Å²) in [4.78, 5) is 13.0. The topological polar surface area (TPSA) is 66.5 Å². The number of alkyl halides is 3. The van der Waals surface area contributed by atoms with Crippen molar-refractivity contribution in [2.45, 2.75) is 23.9 Å². The van der Waals surface area contributed by atoms with Crippen LogP contribution in [0, 0.1) is 0 Å². The van der Waals surface area contributed by atoms with Gasteiger partial charge in [-0.25, -0.2) is 13.1 Å². The molecule has 1 aliphatic rings. The number of nitrogens with one attached hydrogen (secondary N) is 1. The zero-order valence-corrected chi connectivity index (χ0v) is 12.4. The molecule has 0 aliphatic carbocycles. The number of rotatable bonds is 4. The molecule has 1 fully saturated rings. The first-order chi connectivity index (χ1) is 10.2. The van der Waals surface area contributed by atoms with Crippen LogP contribution in [0.5, 0.6) is 0 Å². The van der Waals surface area contributed by atoms with Gasteiger partial charge in [0, 0.05) is 13.1 Å². The molecule has 5 nitrogen and oxygen atoms in total. The van der Waals surface area contributed by atoms with Crippen LogP contribution in [0.25, 0.3) is 0 Å². The Bertz CT molecular complexity index is 635. The molecule has 122 valence electrons. The van der Waals surface area contributed by atoms with Gasteiger partial charge in [0.25, 0.3) is 0 Å². The highest BCUT2D eigenvalue weighted by Gasteiger charge is 2.30. The number of likely N-dealkylation sites (tertiary alicyclic amines) is 1. The summed E-state index contributed by atoms with van der Waals surface area (Å²) >= 11 is 0. The summed E-state index contributed by atoms with van der Waals surface area (Å²) in [6.45, 7) is 0.797. The molecule has 1 saturated heterocycles. The zero-order chi connectivity index (χ0) is 16.4. The van der Waals surface area contributed by atoms with E-state index in [1.165, 1.54) is 0 Å². The van der Waals surface area contributed by atoms with Gasteiger partial charge in [-0.3, -0.25) is 4.79 Å². The summed E-state index contributed by atoms with van der Waals surface area (Å²) in [5.41, 5.74) is -0.931. The fraction of sp³-hybridized carbons (Fsp3) is 0.462. The molecular formula is C13H15F3N2O3S. The van der Waals surface area contributed by atoms with Crippen LogP contribution in [0.15, 0.2) is 29.2 Å². The molecule has 1 aromatic rings. The van der Waals surface area contributed by atoms with Crippen LogP contribution in [-0.4, -0.2) is 38.9 Å². The Morgan fingerprint density at radius 3 is 2.18 bits per heavy atom. The van der Waals surface area contributed by atoms with Crippen molar-refractivity contribution in [3.8, 4) is 0 Å². The summed E-state index contributed by atoms with van der Waals surface area (Å²) in [6, 6.07) is 3.12. The zero-order valence-electron chi connectivity index (χ0n) is 11.6. The van der Waals surface area contributed by atoms with E-state index in [0.717, 1.165) is 25.0 Å². The van der Waals surface area contributed by atoms with Crippen LogP contribution in [-0.2, 0) is 21.0 Å². The van der Waals surface area contributed by atoms with Gasteiger partial charge in [0.05, 0.1) is 17.0 Å². The number of benzene rings is 1. The Morgan fingerprint density at radius 1 is 1.14 bits per heavy atom. The SMILES string of the molecule is O=C(CNS(=O)(=O)c1ccc(C(F)(F)F)cc1)N1CCCC1. The smallest absolute Gasteiger partial charge is 0.342 e. The number of carbonyl (C=O) groups excluding carboxylic acids is 1. The Hall–Kier alpha value is -1.61. The Kier molecular flexibility index (Phi) is 4.76. The molecule has 1 amide bonds. The number of halogens is 3. The van der Waals surface area contributed by atoms with Gasteiger partial charge in [0.15, 0.2) is 0 Å². The van der Waals surface area contributed by atoms with E-state index in [1.807, 2.05) is 0 Å². The minimum absolute atomic E-state index is 0.310. The Morgan fingerprint density at radius 2 is 1.68 bits per heavy atom. The second-order valence-electron chi connectivity index (χ2n) is 4.93. The van der Waals surface area contributed by atoms with Crippen molar-refractivity contribution >= 4 is 15.9 Å². The molecule has 1 N–H and O–H groups in total. The summed E-state index contributed by atoms with van der Waals surface area (Å²) in [6.07, 6.45) is -2.75. The average Bonchev–Trinajstić information content (AvgIpc) is 2.98. The minimum atomic E-state index is -4.53. The Labute approximate surface area is 126 Å². The quantitative estimate of drug-likeness (QED) is 0.908. The molecule has 0 saturated carbocycles. The fourth-order valence-corrected chi connectivity index (χ4v) is 3.12. The standard InChI is InChI=1S/C13H15F3N2O3S/c14-13(15,16)10-3-5-11(6-4-10)22(20,21)17-9-12(19)18-7-1-2-8-18/h3-6,17H,1-2,7-9H2. The van der Waals surface area contributed by atoms with Gasteiger partial charge in [-0.2, -0.15) is 13.2 Å². The molecule has 0 radical (unpaired) electrons. The monoisotopic (exact) mass is 336 g/mol. The predicted octanol–water partition coefficient (Wildman–Crippen LogP) is 1.61. The van der Waals surface area contributed by atoms with E-state index < -0.39 is 28.3 Å². The van der Waals surface area contributed by atoms with Crippen molar-refractivity contribution in [3.05, 3.63) is 29.8 Å². The van der Waals surface area contributed by atoms with Gasteiger partial charge < -0.3 is 4.90 Å². The lowest BCUT2D eigenvalue weighted by Crippen LogP contribution is -2.38. The highest BCUT2D eigenvalue weighted by molar-refractivity contribution is 7.89. The first kappa shape index (κ1) is 16.8. The lowest BCUT2D eigenvalue weighted by molar-refractivity contribution is -0.137. The molecule has 1 heterocycles. The van der Waals surface area contributed by atoms with Crippen LogP contribution in [0.1, 0.15) is 18.4 Å². The van der Waals surface area contributed by atoms with Crippen LogP contribution in [0.4, 0.5) is 13.2 Å². The highest BCUT2D eigenvalue weighted by Crippen LogP contribution is 2.29. The van der Waals surface area contributed by atoms with E-state index in [2.05, 4.69) is 4.72 Å². The number of carbonyl (C=O) groups is 1. The molecule has 0 aromatic heterocycles. The summed E-state index contributed by atoms with van der Waals surface area (Å²) < 4.78 is 63.3. The van der Waals surface area contributed by atoms with E-state index in [-0.39, 0.29) is 10.8 Å². The largest absolute Gasteiger partial charge is 0.416 e. The first-order valence-electron chi connectivity index (χ1n) is 6.65. The molecule has 0 spiro atoms. The van der Waals surface area contributed by atoms with Crippen molar-refractivity contribution in [3.63, 3.8) is 0 Å². The lowest BCUT2D eigenvalue weighted by Gasteiger charge is -2.15. The third-order valence-corrected chi connectivity index (χ3v) is 4.78. The predicted molar refractivity (Wildman–Crippen MR) is 72.4 cm³/mol. The van der Waals surface area contributed by atoms with E-state index in [4.69, 9.17) is 0 Å². The van der Waals surface area contributed by atoms with Crippen molar-refractivity contribution in [2.24, 2.45) is 0 Å². The number of nitrogens with zero attached hydrogens (tertiary/aromatic N) is 1. The fourth-order valence-electron chi connectivity index (χ4n) is 2.14. The van der Waals surface area contributed by atoms with Gasteiger partial charge in [-0.1, -0.05) is 0 Å². The van der Waals surface area contributed by atoms with E-state index in [9.17, 15) is 26.4 Å². The van der Waals surface area contributed by atoms with Gasteiger partial charge in [-0.05, 0) is 37.1 Å². The third-order valence-electron chi connectivity index (χ3n) is 3.36. The van der Waals surface area contributed by atoms with E-state index in [0.29, 0.717) is 25.2 Å². The molecule has 0 unspecified atom stereocenters. The highest BCUT2D eigenvalue weighted by atomic mass is 32.2. The van der Waals surface area contributed by atoms with Crippen LogP contribution < -0.4 is 4.72 Å². The molecule has 0 bridgehead atoms. The Balaban J connectivity index is 2.02. The second-order valence-corrected chi connectivity index (χ2v) is 6.70. The van der Waals surface area contributed by atoms with Gasteiger partial charge in [0.1, 0.15) is 0 Å². The number of hydrogen-bond donors (Lipinski definition) is 1. The molecule has 1 aliphatic heterocycles. The van der Waals surface area contributed by atoms with Crippen molar-refractivity contribution in [1.29, 1.82) is 0 Å². The molecule has 9 heteroatoms. The maximum Gasteiger partial charge on any atom is 0.416 e. The van der Waals surface area contributed by atoms with Gasteiger partial charge >= 0.3 is 6.18 Å². The van der Waals surface area contributed by atoms with Crippen molar-refractivity contribution < 1.29 is 26.4 Å². The molecule has 22 heavy (non-hydrogen) atoms. The lowest BCUT2D eigenvalue weighted by atomic mass is 10.2. The summed E-state index contributed by atoms with van der Waals surface area (Å²) in [7, 11) is -4.01. The van der Waals surface area contributed by atoms with Crippen LogP contribution >= 0.6 is 0 Å². The second kappa shape index (κ2) is 6.25. The molecule has 2 rings (SSSR count). The number of hydrogen-bond acceptors (Lipinski definition) is 3. The third kappa shape index (κ3) is 3.98. The van der Waals surface area contributed by atoms with Crippen LogP contribution in [0.3, 0.4) is 0 Å². The van der Waals surface area contributed by atoms with Crippen LogP contribution in [0.2, 0.25) is 0 Å². The van der Waals surface area contributed by atoms with E-state index in [1.54, 1.807) is 4.90 Å². The normalized spacial score (nSPS) is 16.0. The first-order valence-corrected chi connectivity index (χ1v) is 8.13. The summed E-state index contributed by atoms with van der Waals surface area (Å²) in [5, 5.41) is 0. The maximum atomic E-state index is 12.4. The van der Waals surface area contributed by atoms with Crippen molar-refractivity contribution in [2.75, 3.05) is 19.6 Å². The van der Waals surface area contributed by atoms with Gasteiger partial charge in [-0.15, -0.1) is 0 Å². The summed E-state index contributed by atoms with van der Waals surface area (Å²) in [5.74, 6) is -0.340. The van der Waals surface area contributed by atoms with Gasteiger partial charge in [0.2, 0.25) is 15.9 Å². The minimum Gasteiger partial charge on any atom is -0.342 e. The maximum absolute atomic E-state index is 12.4. The molecule has 0 atom stereocenters. The molecule has 1 aromatic carbocycles. The van der Waals surface area contributed by atoms with E-state index >= 15 is 0 Å².